The first-order valence-corrected chi connectivity index (χ1v) is 8.48. The fraction of sp³-hybridized carbons (Fsp3) is 0.368. The molecule has 2 N–H and O–H groups in total. The van der Waals surface area contributed by atoms with Crippen molar-refractivity contribution < 1.29 is 0 Å². The number of hydrogen-bond acceptors (Lipinski definition) is 5. The van der Waals surface area contributed by atoms with E-state index in [1.807, 2.05) is 43.7 Å². The first-order valence-electron chi connectivity index (χ1n) is 8.48. The van der Waals surface area contributed by atoms with E-state index in [1.54, 1.807) is 6.20 Å². The molecule has 3 aromatic heterocycles. The number of aromatic nitrogens is 4. The maximum absolute atomic E-state index is 9.49. The molecule has 6 heteroatoms. The Hall–Kier alpha value is -2.94. The summed E-state index contributed by atoms with van der Waals surface area (Å²) in [4.78, 5) is 13.2. The Morgan fingerprint density at radius 1 is 1.28 bits per heavy atom. The van der Waals surface area contributed by atoms with E-state index in [0.717, 1.165) is 22.3 Å². The van der Waals surface area contributed by atoms with Gasteiger partial charge in [0.05, 0.1) is 23.2 Å². The molecular formula is C19H24N6. The maximum Gasteiger partial charge on any atom is 0.145 e. The summed E-state index contributed by atoms with van der Waals surface area (Å²) in [7, 11) is 0. The molecule has 3 heterocycles. The van der Waals surface area contributed by atoms with Gasteiger partial charge in [0, 0.05) is 18.0 Å². The normalized spacial score (nSPS) is 10.4. The van der Waals surface area contributed by atoms with Crippen molar-refractivity contribution >= 4 is 16.9 Å². The lowest BCUT2D eigenvalue weighted by molar-refractivity contribution is 0.796. The number of nitriles is 1. The van der Waals surface area contributed by atoms with Crippen molar-refractivity contribution in [1.29, 1.82) is 5.26 Å². The van der Waals surface area contributed by atoms with Crippen LogP contribution in [0.15, 0.2) is 24.5 Å². The Balaban J connectivity index is 0.00000109. The molecule has 0 aromatic carbocycles. The van der Waals surface area contributed by atoms with Gasteiger partial charge in [0.15, 0.2) is 0 Å². The van der Waals surface area contributed by atoms with Gasteiger partial charge < -0.3 is 10.3 Å². The molecule has 0 bridgehead atoms. The fourth-order valence-electron chi connectivity index (χ4n) is 2.72. The highest BCUT2D eigenvalue weighted by Crippen LogP contribution is 2.28. The van der Waals surface area contributed by atoms with E-state index in [9.17, 15) is 5.26 Å². The minimum atomic E-state index is 0.214. The van der Waals surface area contributed by atoms with Gasteiger partial charge in [0.2, 0.25) is 0 Å². The Labute approximate surface area is 148 Å². The van der Waals surface area contributed by atoms with Gasteiger partial charge >= 0.3 is 0 Å². The number of pyridine rings is 1. The summed E-state index contributed by atoms with van der Waals surface area (Å²) in [5, 5.41) is 10.3. The monoisotopic (exact) mass is 336 g/mol. The average molecular weight is 336 g/mol. The molecule has 3 aromatic rings. The number of anilines is 1. The first-order chi connectivity index (χ1) is 12.0. The smallest absolute Gasteiger partial charge is 0.145 e. The van der Waals surface area contributed by atoms with Crippen LogP contribution in [0.5, 0.6) is 0 Å². The third kappa shape index (κ3) is 3.61. The molecule has 3 rings (SSSR count). The zero-order valence-corrected chi connectivity index (χ0v) is 15.4. The van der Waals surface area contributed by atoms with Crippen molar-refractivity contribution in [3.8, 4) is 6.07 Å². The Morgan fingerprint density at radius 2 is 2.00 bits per heavy atom. The van der Waals surface area contributed by atoms with Crippen molar-refractivity contribution in [3.05, 3.63) is 47.2 Å². The molecule has 0 saturated carbocycles. The predicted molar refractivity (Wildman–Crippen MR) is 100 cm³/mol. The van der Waals surface area contributed by atoms with Crippen LogP contribution in [0, 0.1) is 18.3 Å². The van der Waals surface area contributed by atoms with Crippen LogP contribution in [0.4, 0.5) is 5.82 Å². The number of nitrogens with two attached hydrogens (primary N) is 1. The highest BCUT2D eigenvalue weighted by atomic mass is 15.1. The zero-order chi connectivity index (χ0) is 18.6. The lowest BCUT2D eigenvalue weighted by atomic mass is 10.0. The van der Waals surface area contributed by atoms with Gasteiger partial charge in [-0.25, -0.2) is 15.0 Å². The van der Waals surface area contributed by atoms with E-state index in [-0.39, 0.29) is 5.92 Å². The molecule has 0 aliphatic rings. The standard InChI is InChI=1S/C17H18N6.C2H6/c1-10(2)15-14-13(7-18)9-23(17(14)22-11(3)21-15)8-12-5-4-6-20-16(12)19;1-2/h4-6,9-10H,8H2,1-3H3,(H2,19,20);1-2H3. The first kappa shape index (κ1) is 18.4. The second-order valence-electron chi connectivity index (χ2n) is 5.84. The van der Waals surface area contributed by atoms with Crippen LogP contribution in [0.1, 0.15) is 56.3 Å². The second-order valence-corrected chi connectivity index (χ2v) is 5.84. The third-order valence-corrected chi connectivity index (χ3v) is 3.79. The summed E-state index contributed by atoms with van der Waals surface area (Å²) < 4.78 is 1.95. The summed E-state index contributed by atoms with van der Waals surface area (Å²) in [6.45, 7) is 10.5. The molecular weight excluding hydrogens is 312 g/mol. The summed E-state index contributed by atoms with van der Waals surface area (Å²) in [6, 6.07) is 6.04. The Morgan fingerprint density at radius 3 is 2.60 bits per heavy atom. The van der Waals surface area contributed by atoms with Crippen molar-refractivity contribution in [2.24, 2.45) is 0 Å². The SMILES string of the molecule is CC.Cc1nc(C(C)C)c2c(C#N)cn(Cc3cccnc3N)c2n1. The number of aryl methyl sites for hydroxylation is 1. The van der Waals surface area contributed by atoms with E-state index in [0.29, 0.717) is 23.8 Å². The van der Waals surface area contributed by atoms with Gasteiger partial charge in [-0.15, -0.1) is 0 Å². The molecule has 0 atom stereocenters. The van der Waals surface area contributed by atoms with E-state index < -0.39 is 0 Å². The van der Waals surface area contributed by atoms with Gasteiger partial charge in [0.1, 0.15) is 23.4 Å². The summed E-state index contributed by atoms with van der Waals surface area (Å²) >= 11 is 0. The second kappa shape index (κ2) is 7.75. The van der Waals surface area contributed by atoms with Gasteiger partial charge in [-0.05, 0) is 18.9 Å². The number of nitrogen functional groups attached to an aromatic ring is 1. The largest absolute Gasteiger partial charge is 0.383 e. The van der Waals surface area contributed by atoms with Gasteiger partial charge in [-0.2, -0.15) is 5.26 Å². The summed E-state index contributed by atoms with van der Waals surface area (Å²) in [6.07, 6.45) is 3.48. The average Bonchev–Trinajstić information content (AvgIpc) is 2.95. The molecule has 0 spiro atoms. The molecule has 0 amide bonds. The van der Waals surface area contributed by atoms with Gasteiger partial charge in [-0.1, -0.05) is 33.8 Å². The number of nitrogens with zero attached hydrogens (tertiary/aromatic N) is 5. The third-order valence-electron chi connectivity index (χ3n) is 3.79. The number of hydrogen-bond donors (Lipinski definition) is 1. The van der Waals surface area contributed by atoms with Crippen LogP contribution in [-0.4, -0.2) is 19.5 Å². The van der Waals surface area contributed by atoms with Gasteiger partial charge in [-0.3, -0.25) is 0 Å². The van der Waals surface area contributed by atoms with Crippen LogP contribution in [0.3, 0.4) is 0 Å². The minimum Gasteiger partial charge on any atom is -0.383 e. The van der Waals surface area contributed by atoms with E-state index in [4.69, 9.17) is 5.73 Å². The molecule has 0 aliphatic carbocycles. The molecule has 0 unspecified atom stereocenters. The molecule has 0 aliphatic heterocycles. The molecule has 6 nitrogen and oxygen atoms in total. The van der Waals surface area contributed by atoms with Crippen molar-refractivity contribution in [2.75, 3.05) is 5.73 Å². The summed E-state index contributed by atoms with van der Waals surface area (Å²) in [5.74, 6) is 1.40. The molecule has 0 saturated heterocycles. The van der Waals surface area contributed by atoms with Gasteiger partial charge in [0.25, 0.3) is 0 Å². The number of rotatable bonds is 3. The quantitative estimate of drug-likeness (QED) is 0.785. The van der Waals surface area contributed by atoms with Crippen LogP contribution < -0.4 is 5.73 Å². The molecule has 25 heavy (non-hydrogen) atoms. The molecule has 0 fully saturated rings. The fourth-order valence-corrected chi connectivity index (χ4v) is 2.72. The number of fused-ring (bicyclic) bond motifs is 1. The van der Waals surface area contributed by atoms with Crippen LogP contribution in [-0.2, 0) is 6.54 Å². The lowest BCUT2D eigenvalue weighted by Gasteiger charge is -2.10. The van der Waals surface area contributed by atoms with Crippen molar-refractivity contribution in [3.63, 3.8) is 0 Å². The minimum absolute atomic E-state index is 0.214. The highest BCUT2D eigenvalue weighted by Gasteiger charge is 2.18. The topological polar surface area (TPSA) is 93.4 Å². The molecule has 130 valence electrons. The predicted octanol–water partition coefficient (Wildman–Crippen LogP) is 3.79. The van der Waals surface area contributed by atoms with Crippen LogP contribution >= 0.6 is 0 Å². The van der Waals surface area contributed by atoms with Crippen molar-refractivity contribution in [2.45, 2.75) is 47.1 Å². The lowest BCUT2D eigenvalue weighted by Crippen LogP contribution is -2.06. The van der Waals surface area contributed by atoms with Crippen LogP contribution in [0.2, 0.25) is 0 Å². The Bertz CT molecular complexity index is 918. The van der Waals surface area contributed by atoms with Crippen LogP contribution in [0.25, 0.3) is 11.0 Å². The summed E-state index contributed by atoms with van der Waals surface area (Å²) in [5.41, 5.74) is 9.10. The zero-order valence-electron chi connectivity index (χ0n) is 15.4. The van der Waals surface area contributed by atoms with E-state index >= 15 is 0 Å². The maximum atomic E-state index is 9.49. The highest BCUT2D eigenvalue weighted by molar-refractivity contribution is 5.86. The Kier molecular flexibility index (Phi) is 5.71. The molecule has 0 radical (unpaired) electrons. The van der Waals surface area contributed by atoms with Crippen molar-refractivity contribution in [1.82, 2.24) is 19.5 Å². The van der Waals surface area contributed by atoms with E-state index in [1.165, 1.54) is 0 Å². The van der Waals surface area contributed by atoms with E-state index in [2.05, 4.69) is 34.9 Å².